The lowest BCUT2D eigenvalue weighted by Gasteiger charge is -2.41. The van der Waals surface area contributed by atoms with Gasteiger partial charge in [-0.15, -0.1) is 0 Å². The summed E-state index contributed by atoms with van der Waals surface area (Å²) < 4.78 is 0. The molecule has 1 spiro atoms. The molecule has 1 N–H and O–H groups in total. The van der Waals surface area contributed by atoms with Gasteiger partial charge < -0.3 is 4.90 Å². The molecule has 4 aliphatic rings. The summed E-state index contributed by atoms with van der Waals surface area (Å²) in [6.07, 6.45) is 11.3. The molecule has 2 saturated heterocycles. The summed E-state index contributed by atoms with van der Waals surface area (Å²) in [6.45, 7) is 4.52. The van der Waals surface area contributed by atoms with Crippen molar-refractivity contribution in [3.8, 4) is 0 Å². The van der Waals surface area contributed by atoms with Gasteiger partial charge in [0.2, 0.25) is 5.91 Å². The third-order valence-electron chi connectivity index (χ3n) is 7.20. The van der Waals surface area contributed by atoms with Crippen molar-refractivity contribution in [1.29, 1.82) is 0 Å². The second kappa shape index (κ2) is 6.63. The minimum absolute atomic E-state index is 0.259. The molecule has 6 nitrogen and oxygen atoms in total. The number of aromatic amines is 1. The average Bonchev–Trinajstić information content (AvgIpc) is 3.27. The molecule has 0 aromatic carbocycles. The highest BCUT2D eigenvalue weighted by Crippen LogP contribution is 2.55. The number of hydrogen-bond donors (Lipinski definition) is 1. The fourth-order valence-corrected chi connectivity index (χ4v) is 5.23. The van der Waals surface area contributed by atoms with Crippen LogP contribution in [-0.2, 0) is 4.79 Å². The highest BCUT2D eigenvalue weighted by atomic mass is 16.2. The number of carbonyl (C=O) groups excluding carboxylic acids is 1. The molecule has 26 heavy (non-hydrogen) atoms. The largest absolute Gasteiger partial charge is 0.340 e. The number of rotatable bonds is 4. The van der Waals surface area contributed by atoms with Crippen molar-refractivity contribution in [2.45, 2.75) is 69.6 Å². The van der Waals surface area contributed by atoms with Crippen molar-refractivity contribution in [2.24, 2.45) is 5.41 Å². The normalized spacial score (nSPS) is 28.9. The minimum Gasteiger partial charge on any atom is -0.340 e. The van der Waals surface area contributed by atoms with Gasteiger partial charge >= 0.3 is 0 Å². The molecule has 1 unspecified atom stereocenters. The summed E-state index contributed by atoms with van der Waals surface area (Å²) in [5.74, 6) is 3.30. The van der Waals surface area contributed by atoms with Crippen molar-refractivity contribution >= 4 is 5.91 Å². The van der Waals surface area contributed by atoms with Crippen molar-refractivity contribution in [1.82, 2.24) is 25.0 Å². The first-order chi connectivity index (χ1) is 12.7. The van der Waals surface area contributed by atoms with Crippen LogP contribution in [0.15, 0.2) is 0 Å². The highest BCUT2D eigenvalue weighted by Gasteiger charge is 2.53. The van der Waals surface area contributed by atoms with Gasteiger partial charge in [0.15, 0.2) is 5.82 Å². The van der Waals surface area contributed by atoms with Gasteiger partial charge in [-0.05, 0) is 57.0 Å². The van der Waals surface area contributed by atoms with Gasteiger partial charge in [0.05, 0.1) is 6.54 Å². The summed E-state index contributed by atoms with van der Waals surface area (Å²) in [4.78, 5) is 22.3. The monoisotopic (exact) mass is 357 g/mol. The standard InChI is InChI=1S/C20H31N5O/c26-17(13-24-10-3-1-2-4-11-24)25-12-16(20(14-25)8-5-9-20)19-21-18(22-23-19)15-6-7-15/h15-16H,1-14H2,(H,21,22,23). The quantitative estimate of drug-likeness (QED) is 0.900. The summed E-state index contributed by atoms with van der Waals surface area (Å²) in [7, 11) is 0. The Morgan fingerprint density at radius 1 is 1.12 bits per heavy atom. The first-order valence-corrected chi connectivity index (χ1v) is 10.7. The first-order valence-electron chi connectivity index (χ1n) is 10.7. The SMILES string of the molecule is O=C(CN1CCCCCC1)N1CC(c2nc(C3CC3)n[nH]2)C2(CCC2)C1. The van der Waals surface area contributed by atoms with E-state index in [9.17, 15) is 4.79 Å². The van der Waals surface area contributed by atoms with E-state index in [4.69, 9.17) is 4.98 Å². The predicted molar refractivity (Wildman–Crippen MR) is 98.9 cm³/mol. The zero-order valence-corrected chi connectivity index (χ0v) is 15.8. The molecule has 4 fully saturated rings. The molecule has 0 bridgehead atoms. The van der Waals surface area contributed by atoms with E-state index in [1.165, 1.54) is 57.8 Å². The molecule has 5 rings (SSSR count). The first kappa shape index (κ1) is 16.7. The summed E-state index contributed by atoms with van der Waals surface area (Å²) in [5, 5.41) is 7.70. The van der Waals surface area contributed by atoms with Gasteiger partial charge in [-0.25, -0.2) is 4.98 Å². The van der Waals surface area contributed by atoms with Crippen LogP contribution in [0.1, 0.15) is 81.3 Å². The Bertz CT molecular complexity index is 655. The number of likely N-dealkylation sites (tertiary alicyclic amines) is 2. The fraction of sp³-hybridized carbons (Fsp3) is 0.850. The number of carbonyl (C=O) groups is 1. The maximum Gasteiger partial charge on any atom is 0.236 e. The van der Waals surface area contributed by atoms with E-state index in [2.05, 4.69) is 20.0 Å². The van der Waals surface area contributed by atoms with E-state index in [1.807, 2.05) is 0 Å². The van der Waals surface area contributed by atoms with Crippen molar-refractivity contribution in [2.75, 3.05) is 32.7 Å². The smallest absolute Gasteiger partial charge is 0.236 e. The lowest BCUT2D eigenvalue weighted by Crippen LogP contribution is -2.42. The van der Waals surface area contributed by atoms with Crippen LogP contribution < -0.4 is 0 Å². The highest BCUT2D eigenvalue weighted by molar-refractivity contribution is 5.79. The third kappa shape index (κ3) is 3.06. The maximum atomic E-state index is 13.0. The molecule has 1 amide bonds. The zero-order valence-electron chi connectivity index (χ0n) is 15.8. The minimum atomic E-state index is 0.259. The van der Waals surface area contributed by atoms with E-state index < -0.39 is 0 Å². The van der Waals surface area contributed by atoms with Crippen LogP contribution in [0, 0.1) is 5.41 Å². The Labute approximate surface area is 155 Å². The molecule has 2 saturated carbocycles. The van der Waals surface area contributed by atoms with Gasteiger partial charge in [0, 0.05) is 24.9 Å². The summed E-state index contributed by atoms with van der Waals surface area (Å²) >= 11 is 0. The topological polar surface area (TPSA) is 65.1 Å². The second-order valence-electron chi connectivity index (χ2n) is 9.09. The molecule has 2 aliphatic heterocycles. The molecular formula is C20H31N5O. The van der Waals surface area contributed by atoms with Crippen molar-refractivity contribution in [3.63, 3.8) is 0 Å². The Hall–Kier alpha value is -1.43. The molecule has 0 radical (unpaired) electrons. The van der Waals surface area contributed by atoms with E-state index >= 15 is 0 Å². The third-order valence-corrected chi connectivity index (χ3v) is 7.20. The molecule has 142 valence electrons. The maximum absolute atomic E-state index is 13.0. The van der Waals surface area contributed by atoms with Gasteiger partial charge in [0.25, 0.3) is 0 Å². The van der Waals surface area contributed by atoms with Crippen LogP contribution in [0.25, 0.3) is 0 Å². The van der Waals surface area contributed by atoms with Gasteiger partial charge in [-0.1, -0.05) is 19.3 Å². The molecule has 6 heteroatoms. The molecule has 2 aliphatic carbocycles. The molecule has 1 aromatic rings. The number of aromatic nitrogens is 3. The molecule has 1 aromatic heterocycles. The fourth-order valence-electron chi connectivity index (χ4n) is 5.23. The molecular weight excluding hydrogens is 326 g/mol. The van der Waals surface area contributed by atoms with Crippen LogP contribution in [0.3, 0.4) is 0 Å². The van der Waals surface area contributed by atoms with Crippen LogP contribution in [0.5, 0.6) is 0 Å². The number of H-pyrrole nitrogens is 1. The van der Waals surface area contributed by atoms with Gasteiger partial charge in [0.1, 0.15) is 5.82 Å². The van der Waals surface area contributed by atoms with Crippen LogP contribution in [0.2, 0.25) is 0 Å². The summed E-state index contributed by atoms with van der Waals surface area (Å²) in [6, 6.07) is 0. The Morgan fingerprint density at radius 2 is 1.88 bits per heavy atom. The summed E-state index contributed by atoms with van der Waals surface area (Å²) in [5.41, 5.74) is 0.259. The van der Waals surface area contributed by atoms with E-state index in [-0.39, 0.29) is 5.41 Å². The lowest BCUT2D eigenvalue weighted by molar-refractivity contribution is -0.132. The van der Waals surface area contributed by atoms with Gasteiger partial charge in [-0.3, -0.25) is 14.8 Å². The van der Waals surface area contributed by atoms with Crippen LogP contribution in [-0.4, -0.2) is 63.6 Å². The lowest BCUT2D eigenvalue weighted by atomic mass is 9.62. The molecule has 3 heterocycles. The van der Waals surface area contributed by atoms with Crippen LogP contribution in [0.4, 0.5) is 0 Å². The number of amides is 1. The van der Waals surface area contributed by atoms with Crippen molar-refractivity contribution in [3.05, 3.63) is 11.6 Å². The number of hydrogen-bond acceptors (Lipinski definition) is 4. The predicted octanol–water partition coefficient (Wildman–Crippen LogP) is 2.65. The Kier molecular flexibility index (Phi) is 4.26. The Balaban J connectivity index is 1.28. The average molecular weight is 358 g/mol. The van der Waals surface area contributed by atoms with E-state index in [0.717, 1.165) is 37.8 Å². The van der Waals surface area contributed by atoms with Crippen molar-refractivity contribution < 1.29 is 4.79 Å². The van der Waals surface area contributed by atoms with E-state index in [0.29, 0.717) is 24.3 Å². The number of nitrogens with zero attached hydrogens (tertiary/aromatic N) is 4. The zero-order chi connectivity index (χ0) is 17.6. The molecule has 1 atom stereocenters. The second-order valence-corrected chi connectivity index (χ2v) is 9.09. The Morgan fingerprint density at radius 3 is 2.54 bits per heavy atom. The number of nitrogens with one attached hydrogen (secondary N) is 1. The van der Waals surface area contributed by atoms with E-state index in [1.54, 1.807) is 0 Å². The van der Waals surface area contributed by atoms with Crippen LogP contribution >= 0.6 is 0 Å². The van der Waals surface area contributed by atoms with Gasteiger partial charge in [-0.2, -0.15) is 5.10 Å².